The molecule has 0 atom stereocenters. The zero-order chi connectivity index (χ0) is 18.7. The lowest BCUT2D eigenvalue weighted by Gasteiger charge is -2.06. The summed E-state index contributed by atoms with van der Waals surface area (Å²) in [5.74, 6) is -1.27. The van der Waals surface area contributed by atoms with Crippen LogP contribution >= 0.6 is 27.5 Å². The summed E-state index contributed by atoms with van der Waals surface area (Å²) in [6.07, 6.45) is 1.47. The first-order chi connectivity index (χ1) is 12.5. The largest absolute Gasteiger partial charge is 0.460 e. The van der Waals surface area contributed by atoms with Crippen molar-refractivity contribution >= 4 is 50.4 Å². The van der Waals surface area contributed by atoms with Gasteiger partial charge in [0, 0.05) is 16.1 Å². The number of hydrogen-bond acceptors (Lipinski definition) is 6. The fourth-order valence-corrected chi connectivity index (χ4v) is 2.94. The van der Waals surface area contributed by atoms with Crippen molar-refractivity contribution in [3.8, 4) is 0 Å². The molecule has 0 saturated heterocycles. The van der Waals surface area contributed by atoms with Gasteiger partial charge in [-0.1, -0.05) is 27.5 Å². The van der Waals surface area contributed by atoms with Gasteiger partial charge in [0.2, 0.25) is 5.76 Å². The molecule has 0 radical (unpaired) electrons. The standard InChI is InChI=1S/C18H13BrClNO5/c1-2-24-18(23)15-13(12-8-10(19)5-6-14(12)26-15)9-25-17(22)11-4-3-7-21-16(11)20/h3-8H,2,9H2,1H3. The van der Waals surface area contributed by atoms with Crippen LogP contribution in [0.2, 0.25) is 5.15 Å². The lowest BCUT2D eigenvalue weighted by molar-refractivity contribution is 0.0435. The summed E-state index contributed by atoms with van der Waals surface area (Å²) < 4.78 is 16.7. The van der Waals surface area contributed by atoms with E-state index < -0.39 is 11.9 Å². The van der Waals surface area contributed by atoms with Crippen molar-refractivity contribution in [3.63, 3.8) is 0 Å². The predicted molar refractivity (Wildman–Crippen MR) is 98.2 cm³/mol. The van der Waals surface area contributed by atoms with Crippen LogP contribution in [-0.2, 0) is 16.1 Å². The molecular formula is C18H13BrClNO5. The van der Waals surface area contributed by atoms with Gasteiger partial charge in [-0.2, -0.15) is 0 Å². The zero-order valence-electron chi connectivity index (χ0n) is 13.6. The van der Waals surface area contributed by atoms with E-state index in [0.717, 1.165) is 4.47 Å². The van der Waals surface area contributed by atoms with Crippen molar-refractivity contribution in [3.05, 3.63) is 63.0 Å². The molecule has 0 bridgehead atoms. The fourth-order valence-electron chi connectivity index (χ4n) is 2.38. The van der Waals surface area contributed by atoms with Crippen LogP contribution in [-0.4, -0.2) is 23.5 Å². The molecule has 0 aliphatic carbocycles. The number of hydrogen-bond donors (Lipinski definition) is 0. The van der Waals surface area contributed by atoms with E-state index in [-0.39, 0.29) is 29.7 Å². The molecule has 2 aromatic heterocycles. The Hall–Kier alpha value is -2.38. The van der Waals surface area contributed by atoms with Gasteiger partial charge in [-0.05, 0) is 37.3 Å². The van der Waals surface area contributed by atoms with Crippen LogP contribution < -0.4 is 0 Å². The number of benzene rings is 1. The van der Waals surface area contributed by atoms with Gasteiger partial charge in [-0.25, -0.2) is 14.6 Å². The summed E-state index contributed by atoms with van der Waals surface area (Å²) in [4.78, 5) is 28.3. The highest BCUT2D eigenvalue weighted by Gasteiger charge is 2.23. The molecule has 3 rings (SSSR count). The Morgan fingerprint density at radius 2 is 2.04 bits per heavy atom. The van der Waals surface area contributed by atoms with Crippen molar-refractivity contribution in [2.45, 2.75) is 13.5 Å². The molecule has 0 unspecified atom stereocenters. The number of carbonyl (C=O) groups excluding carboxylic acids is 2. The summed E-state index contributed by atoms with van der Waals surface area (Å²) in [6.45, 7) is 1.72. The monoisotopic (exact) mass is 437 g/mol. The topological polar surface area (TPSA) is 78.6 Å². The number of halogens is 2. The Labute approximate surface area is 162 Å². The number of aromatic nitrogens is 1. The Morgan fingerprint density at radius 3 is 2.77 bits per heavy atom. The van der Waals surface area contributed by atoms with Crippen LogP contribution in [0, 0.1) is 0 Å². The van der Waals surface area contributed by atoms with Crippen LogP contribution in [0.25, 0.3) is 11.0 Å². The Kier molecular flexibility index (Phi) is 5.58. The molecule has 0 amide bonds. The highest BCUT2D eigenvalue weighted by molar-refractivity contribution is 9.10. The van der Waals surface area contributed by atoms with Gasteiger partial charge < -0.3 is 13.9 Å². The SMILES string of the molecule is CCOC(=O)c1oc2ccc(Br)cc2c1COC(=O)c1cccnc1Cl. The van der Waals surface area contributed by atoms with Crippen molar-refractivity contribution in [1.29, 1.82) is 0 Å². The molecule has 3 aromatic rings. The molecule has 0 saturated carbocycles. The Balaban J connectivity index is 1.94. The number of esters is 2. The van der Waals surface area contributed by atoms with Crippen molar-refractivity contribution in [2.75, 3.05) is 6.61 Å². The summed E-state index contributed by atoms with van der Waals surface area (Å²) in [5.41, 5.74) is 1.05. The fraction of sp³-hybridized carbons (Fsp3) is 0.167. The molecule has 2 heterocycles. The van der Waals surface area contributed by atoms with Crippen LogP contribution in [0.1, 0.15) is 33.4 Å². The maximum Gasteiger partial charge on any atom is 0.374 e. The first-order valence-electron chi connectivity index (χ1n) is 7.67. The minimum Gasteiger partial charge on any atom is -0.460 e. The maximum absolute atomic E-state index is 12.3. The van der Waals surface area contributed by atoms with Gasteiger partial charge in [-0.3, -0.25) is 0 Å². The minimum absolute atomic E-state index is 0.00466. The van der Waals surface area contributed by atoms with Gasteiger partial charge in [0.25, 0.3) is 0 Å². The number of fused-ring (bicyclic) bond motifs is 1. The summed E-state index contributed by atoms with van der Waals surface area (Å²) in [5, 5.41) is 0.690. The highest BCUT2D eigenvalue weighted by Crippen LogP contribution is 2.30. The molecule has 6 nitrogen and oxygen atoms in total. The van der Waals surface area contributed by atoms with Crippen molar-refractivity contribution < 1.29 is 23.5 Å². The average molecular weight is 439 g/mol. The number of furan rings is 1. The van der Waals surface area contributed by atoms with E-state index in [9.17, 15) is 9.59 Å². The second-order valence-electron chi connectivity index (χ2n) is 5.19. The van der Waals surface area contributed by atoms with E-state index in [1.807, 2.05) is 0 Å². The second-order valence-corrected chi connectivity index (χ2v) is 6.46. The van der Waals surface area contributed by atoms with E-state index in [4.69, 9.17) is 25.5 Å². The molecule has 0 fully saturated rings. The zero-order valence-corrected chi connectivity index (χ0v) is 16.0. The quantitative estimate of drug-likeness (QED) is 0.421. The van der Waals surface area contributed by atoms with Crippen LogP contribution in [0.5, 0.6) is 0 Å². The number of rotatable bonds is 5. The summed E-state index contributed by atoms with van der Waals surface area (Å²) >= 11 is 9.29. The number of carbonyl (C=O) groups is 2. The van der Waals surface area contributed by atoms with Gasteiger partial charge in [0.05, 0.1) is 17.7 Å². The summed E-state index contributed by atoms with van der Waals surface area (Å²) in [7, 11) is 0. The smallest absolute Gasteiger partial charge is 0.374 e. The molecular weight excluding hydrogens is 426 g/mol. The number of ether oxygens (including phenoxy) is 2. The third kappa shape index (κ3) is 3.73. The molecule has 0 aliphatic rings. The third-order valence-corrected chi connectivity index (χ3v) is 4.33. The second kappa shape index (κ2) is 7.88. The van der Waals surface area contributed by atoms with Crippen LogP contribution in [0.4, 0.5) is 0 Å². The molecule has 0 spiro atoms. The molecule has 0 N–H and O–H groups in total. The number of nitrogens with zero attached hydrogens (tertiary/aromatic N) is 1. The molecule has 26 heavy (non-hydrogen) atoms. The first-order valence-corrected chi connectivity index (χ1v) is 8.84. The molecule has 8 heteroatoms. The van der Waals surface area contributed by atoms with E-state index in [1.54, 1.807) is 31.2 Å². The Bertz CT molecular complexity index is 985. The Morgan fingerprint density at radius 1 is 1.23 bits per heavy atom. The van der Waals surface area contributed by atoms with E-state index in [2.05, 4.69) is 20.9 Å². The van der Waals surface area contributed by atoms with Gasteiger partial charge in [0.1, 0.15) is 17.3 Å². The van der Waals surface area contributed by atoms with Crippen molar-refractivity contribution in [2.24, 2.45) is 0 Å². The average Bonchev–Trinajstić information content (AvgIpc) is 2.98. The van der Waals surface area contributed by atoms with Gasteiger partial charge in [0.15, 0.2) is 0 Å². The lowest BCUT2D eigenvalue weighted by atomic mass is 10.1. The van der Waals surface area contributed by atoms with E-state index in [1.165, 1.54) is 12.3 Å². The minimum atomic E-state index is -0.651. The van der Waals surface area contributed by atoms with Gasteiger partial charge >= 0.3 is 11.9 Å². The van der Waals surface area contributed by atoms with Crippen molar-refractivity contribution in [1.82, 2.24) is 4.98 Å². The van der Waals surface area contributed by atoms with E-state index in [0.29, 0.717) is 16.5 Å². The third-order valence-electron chi connectivity index (χ3n) is 3.54. The van der Waals surface area contributed by atoms with E-state index >= 15 is 0 Å². The van der Waals surface area contributed by atoms with Crippen LogP contribution in [0.15, 0.2) is 45.4 Å². The molecule has 0 aliphatic heterocycles. The van der Waals surface area contributed by atoms with Crippen LogP contribution in [0.3, 0.4) is 0 Å². The lowest BCUT2D eigenvalue weighted by Crippen LogP contribution is -2.10. The first kappa shape index (κ1) is 18.4. The normalized spacial score (nSPS) is 10.7. The molecule has 1 aromatic carbocycles. The highest BCUT2D eigenvalue weighted by atomic mass is 79.9. The number of pyridine rings is 1. The van der Waals surface area contributed by atoms with Gasteiger partial charge in [-0.15, -0.1) is 0 Å². The molecule has 134 valence electrons. The summed E-state index contributed by atoms with van der Waals surface area (Å²) in [6, 6.07) is 8.37. The predicted octanol–water partition coefficient (Wildman–Crippen LogP) is 4.78. The maximum atomic E-state index is 12.3.